The summed E-state index contributed by atoms with van der Waals surface area (Å²) in [5.41, 5.74) is -0.653. The first kappa shape index (κ1) is 20.1. The van der Waals surface area contributed by atoms with E-state index in [2.05, 4.69) is 10.3 Å². The largest absolute Gasteiger partial charge is 0.417 e. The van der Waals surface area contributed by atoms with Crippen LogP contribution < -0.4 is 10.2 Å². The van der Waals surface area contributed by atoms with Crippen LogP contribution in [-0.4, -0.2) is 48.0 Å². The SMILES string of the molecule is CC(C(=O)Nc1ccccc1F)N1CCN(c2ccc(C(F)(F)F)cn2)CC1. The number of piperazine rings is 1. The number of hydrogen-bond donors (Lipinski definition) is 1. The highest BCUT2D eigenvalue weighted by Crippen LogP contribution is 2.29. The van der Waals surface area contributed by atoms with Gasteiger partial charge in [0, 0.05) is 32.4 Å². The molecule has 1 aliphatic heterocycles. The molecule has 1 amide bonds. The van der Waals surface area contributed by atoms with E-state index in [1.54, 1.807) is 19.1 Å². The molecule has 0 radical (unpaired) electrons. The van der Waals surface area contributed by atoms with Crippen LogP contribution in [0.1, 0.15) is 12.5 Å². The normalized spacial score (nSPS) is 16.7. The Balaban J connectivity index is 1.56. The number of nitrogens with one attached hydrogen (secondary N) is 1. The lowest BCUT2D eigenvalue weighted by Crippen LogP contribution is -2.53. The number of aromatic nitrogens is 1. The number of rotatable bonds is 4. The third-order valence-corrected chi connectivity index (χ3v) is 4.77. The molecule has 0 saturated carbocycles. The molecule has 1 unspecified atom stereocenters. The minimum atomic E-state index is -4.41. The topological polar surface area (TPSA) is 48.5 Å². The van der Waals surface area contributed by atoms with Gasteiger partial charge in [0.1, 0.15) is 11.6 Å². The molecule has 1 saturated heterocycles. The number of carbonyl (C=O) groups excluding carboxylic acids is 1. The number of amides is 1. The van der Waals surface area contributed by atoms with Crippen LogP contribution in [0.2, 0.25) is 0 Å². The first-order valence-electron chi connectivity index (χ1n) is 8.83. The third-order valence-electron chi connectivity index (χ3n) is 4.77. The molecular weight excluding hydrogens is 376 g/mol. The van der Waals surface area contributed by atoms with Crippen LogP contribution in [0.15, 0.2) is 42.6 Å². The van der Waals surface area contributed by atoms with Crippen molar-refractivity contribution in [3.05, 3.63) is 54.0 Å². The molecule has 1 fully saturated rings. The van der Waals surface area contributed by atoms with E-state index in [1.165, 1.54) is 18.2 Å². The smallest absolute Gasteiger partial charge is 0.354 e. The number of benzene rings is 1. The standard InChI is InChI=1S/C19H20F4N4O/c1-13(18(28)25-16-5-3-2-4-15(16)20)26-8-10-27(11-9-26)17-7-6-14(12-24-17)19(21,22)23/h2-7,12-13H,8-11H2,1H3,(H,25,28). The first-order chi connectivity index (χ1) is 13.3. The third kappa shape index (κ3) is 4.59. The second-order valence-electron chi connectivity index (χ2n) is 6.57. The van der Waals surface area contributed by atoms with E-state index in [1.807, 2.05) is 9.80 Å². The molecule has 1 aliphatic rings. The highest BCUT2D eigenvalue weighted by Gasteiger charge is 2.31. The fourth-order valence-corrected chi connectivity index (χ4v) is 3.04. The zero-order chi connectivity index (χ0) is 20.3. The van der Waals surface area contributed by atoms with E-state index in [0.717, 1.165) is 12.3 Å². The van der Waals surface area contributed by atoms with Gasteiger partial charge in [0.25, 0.3) is 0 Å². The average molecular weight is 396 g/mol. The lowest BCUT2D eigenvalue weighted by molar-refractivity contribution is -0.137. The zero-order valence-electron chi connectivity index (χ0n) is 15.2. The van der Waals surface area contributed by atoms with Crippen molar-refractivity contribution < 1.29 is 22.4 Å². The summed E-state index contributed by atoms with van der Waals surface area (Å²) in [6.45, 7) is 3.86. The maximum absolute atomic E-state index is 13.7. The minimum absolute atomic E-state index is 0.131. The average Bonchev–Trinajstić information content (AvgIpc) is 2.69. The summed E-state index contributed by atoms with van der Waals surface area (Å²) in [6.07, 6.45) is -3.59. The van der Waals surface area contributed by atoms with Crippen molar-refractivity contribution in [1.29, 1.82) is 0 Å². The summed E-state index contributed by atoms with van der Waals surface area (Å²) in [5.74, 6) is -0.344. The van der Waals surface area contributed by atoms with Crippen molar-refractivity contribution in [3.8, 4) is 0 Å². The maximum Gasteiger partial charge on any atom is 0.417 e. The van der Waals surface area contributed by atoms with Gasteiger partial charge >= 0.3 is 6.18 Å². The van der Waals surface area contributed by atoms with E-state index in [-0.39, 0.29) is 11.6 Å². The van der Waals surface area contributed by atoms with Crippen LogP contribution in [0, 0.1) is 5.82 Å². The summed E-state index contributed by atoms with van der Waals surface area (Å²) in [5, 5.41) is 2.58. The van der Waals surface area contributed by atoms with Gasteiger partial charge < -0.3 is 10.2 Å². The Morgan fingerprint density at radius 2 is 1.79 bits per heavy atom. The zero-order valence-corrected chi connectivity index (χ0v) is 15.2. The number of para-hydroxylation sites is 1. The molecule has 1 atom stereocenters. The summed E-state index contributed by atoms with van der Waals surface area (Å²) >= 11 is 0. The van der Waals surface area contributed by atoms with Crippen molar-refractivity contribution in [2.45, 2.75) is 19.1 Å². The molecule has 5 nitrogen and oxygen atoms in total. The van der Waals surface area contributed by atoms with Gasteiger partial charge in [-0.2, -0.15) is 13.2 Å². The second kappa shape index (κ2) is 8.14. The van der Waals surface area contributed by atoms with Gasteiger partial charge in [0.2, 0.25) is 5.91 Å². The second-order valence-corrected chi connectivity index (χ2v) is 6.57. The Morgan fingerprint density at radius 3 is 2.36 bits per heavy atom. The van der Waals surface area contributed by atoms with Gasteiger partial charge in [-0.3, -0.25) is 9.69 Å². The van der Waals surface area contributed by atoms with Crippen LogP contribution in [0.3, 0.4) is 0 Å². The molecule has 0 aliphatic carbocycles. The van der Waals surface area contributed by atoms with Gasteiger partial charge in [-0.05, 0) is 31.2 Å². The molecule has 150 valence electrons. The number of nitrogens with zero attached hydrogens (tertiary/aromatic N) is 3. The Labute approximate surface area is 160 Å². The number of carbonyl (C=O) groups is 1. The quantitative estimate of drug-likeness (QED) is 0.805. The van der Waals surface area contributed by atoms with Gasteiger partial charge in [0.05, 0.1) is 17.3 Å². The number of alkyl halides is 3. The van der Waals surface area contributed by atoms with Crippen LogP contribution in [0.25, 0.3) is 0 Å². The molecule has 2 heterocycles. The lowest BCUT2D eigenvalue weighted by Gasteiger charge is -2.38. The van der Waals surface area contributed by atoms with Crippen molar-refractivity contribution in [2.24, 2.45) is 0 Å². The fourth-order valence-electron chi connectivity index (χ4n) is 3.04. The van der Waals surface area contributed by atoms with Crippen molar-refractivity contribution >= 4 is 17.4 Å². The number of hydrogen-bond acceptors (Lipinski definition) is 4. The van der Waals surface area contributed by atoms with Crippen molar-refractivity contribution in [3.63, 3.8) is 0 Å². The van der Waals surface area contributed by atoms with Crippen molar-refractivity contribution in [2.75, 3.05) is 36.4 Å². The molecule has 0 spiro atoms. The maximum atomic E-state index is 13.7. The number of pyridine rings is 1. The van der Waals surface area contributed by atoms with Crippen LogP contribution in [0.4, 0.5) is 29.1 Å². The van der Waals surface area contributed by atoms with E-state index >= 15 is 0 Å². The Hall–Kier alpha value is -2.68. The molecule has 1 aromatic heterocycles. The van der Waals surface area contributed by atoms with E-state index < -0.39 is 23.6 Å². The Morgan fingerprint density at radius 1 is 1.11 bits per heavy atom. The van der Waals surface area contributed by atoms with Crippen LogP contribution in [-0.2, 0) is 11.0 Å². The van der Waals surface area contributed by atoms with Crippen molar-refractivity contribution in [1.82, 2.24) is 9.88 Å². The molecule has 1 N–H and O–H groups in total. The summed E-state index contributed by atoms with van der Waals surface area (Å²) in [4.78, 5) is 20.1. The predicted octanol–water partition coefficient (Wildman–Crippen LogP) is 3.39. The van der Waals surface area contributed by atoms with Gasteiger partial charge in [-0.25, -0.2) is 9.37 Å². The highest BCUT2D eigenvalue weighted by molar-refractivity contribution is 5.94. The van der Waals surface area contributed by atoms with Gasteiger partial charge in [0.15, 0.2) is 0 Å². The van der Waals surface area contributed by atoms with Gasteiger partial charge in [-0.1, -0.05) is 12.1 Å². The van der Waals surface area contributed by atoms with Gasteiger partial charge in [-0.15, -0.1) is 0 Å². The molecule has 9 heteroatoms. The lowest BCUT2D eigenvalue weighted by atomic mass is 10.2. The summed E-state index contributed by atoms with van der Waals surface area (Å²) in [6, 6.07) is 7.85. The van der Waals surface area contributed by atoms with Crippen LogP contribution >= 0.6 is 0 Å². The van der Waals surface area contributed by atoms with E-state index in [9.17, 15) is 22.4 Å². The molecule has 1 aromatic carbocycles. The summed E-state index contributed by atoms with van der Waals surface area (Å²) < 4.78 is 51.6. The molecule has 28 heavy (non-hydrogen) atoms. The molecular formula is C19H20F4N4O. The first-order valence-corrected chi connectivity index (χ1v) is 8.83. The fraction of sp³-hybridized carbons (Fsp3) is 0.368. The molecule has 3 rings (SSSR count). The monoisotopic (exact) mass is 396 g/mol. The molecule has 2 aromatic rings. The molecule has 0 bridgehead atoms. The Kier molecular flexibility index (Phi) is 5.83. The van der Waals surface area contributed by atoms with Crippen LogP contribution in [0.5, 0.6) is 0 Å². The minimum Gasteiger partial charge on any atom is -0.354 e. The van der Waals surface area contributed by atoms with E-state index in [4.69, 9.17) is 0 Å². The number of anilines is 2. The number of halogens is 4. The highest BCUT2D eigenvalue weighted by atomic mass is 19.4. The Bertz CT molecular complexity index is 817. The summed E-state index contributed by atoms with van der Waals surface area (Å²) in [7, 11) is 0. The predicted molar refractivity (Wildman–Crippen MR) is 97.5 cm³/mol. The van der Waals surface area contributed by atoms with E-state index in [0.29, 0.717) is 32.0 Å².